The van der Waals surface area contributed by atoms with Gasteiger partial charge in [-0.25, -0.2) is 0 Å². The fraction of sp³-hybridized carbons (Fsp3) is 0.346. The Kier molecular flexibility index (Phi) is 5.00. The molecule has 2 bridgehead atoms. The summed E-state index contributed by atoms with van der Waals surface area (Å²) in [4.78, 5) is 42.1. The van der Waals surface area contributed by atoms with Gasteiger partial charge in [0.05, 0.1) is 22.5 Å². The van der Waals surface area contributed by atoms with Crippen LogP contribution in [0, 0.1) is 35.5 Å². The normalized spacial score (nSPS) is 31.9. The predicted octanol–water partition coefficient (Wildman–Crippen LogP) is 4.71. The smallest absolute Gasteiger partial charge is 0.248 e. The fourth-order valence-corrected chi connectivity index (χ4v) is 6.95. The van der Waals surface area contributed by atoms with Crippen molar-refractivity contribution in [2.75, 3.05) is 5.32 Å². The van der Waals surface area contributed by atoms with Crippen molar-refractivity contribution in [3.63, 3.8) is 0 Å². The van der Waals surface area contributed by atoms with Gasteiger partial charge in [0.1, 0.15) is 6.04 Å². The maximum absolute atomic E-state index is 13.7. The van der Waals surface area contributed by atoms with Crippen LogP contribution in [0.25, 0.3) is 0 Å². The van der Waals surface area contributed by atoms with E-state index in [1.165, 1.54) is 4.90 Å². The van der Waals surface area contributed by atoms with Gasteiger partial charge in [-0.3, -0.25) is 19.3 Å². The van der Waals surface area contributed by atoms with Gasteiger partial charge in [-0.05, 0) is 53.9 Å². The van der Waals surface area contributed by atoms with Crippen LogP contribution in [0.3, 0.4) is 0 Å². The number of nitrogens with zero attached hydrogens (tertiary/aromatic N) is 1. The van der Waals surface area contributed by atoms with E-state index in [1.54, 1.807) is 18.2 Å². The molecule has 3 fully saturated rings. The van der Waals surface area contributed by atoms with Gasteiger partial charge in [-0.15, -0.1) is 0 Å². The van der Waals surface area contributed by atoms with Crippen LogP contribution < -0.4 is 5.32 Å². The van der Waals surface area contributed by atoms with Crippen LogP contribution in [0.15, 0.2) is 65.2 Å². The van der Waals surface area contributed by atoms with Crippen LogP contribution >= 0.6 is 27.5 Å². The number of hydrogen-bond donors (Lipinski definition) is 1. The van der Waals surface area contributed by atoms with E-state index in [4.69, 9.17) is 11.6 Å². The van der Waals surface area contributed by atoms with Gasteiger partial charge in [-0.2, -0.15) is 0 Å². The Hall–Kier alpha value is -2.44. The number of hydrogen-bond acceptors (Lipinski definition) is 3. The molecule has 0 spiro atoms. The molecule has 7 atom stereocenters. The Morgan fingerprint density at radius 3 is 2.27 bits per heavy atom. The Morgan fingerprint density at radius 2 is 1.67 bits per heavy atom. The summed E-state index contributed by atoms with van der Waals surface area (Å²) in [7, 11) is 0. The van der Waals surface area contributed by atoms with E-state index in [2.05, 4.69) is 33.4 Å². The number of carbonyl (C=O) groups excluding carboxylic acids is 3. The number of amides is 3. The number of halogens is 2. The van der Waals surface area contributed by atoms with Crippen molar-refractivity contribution in [1.82, 2.24) is 4.90 Å². The van der Waals surface area contributed by atoms with Crippen LogP contribution in [-0.4, -0.2) is 28.7 Å². The van der Waals surface area contributed by atoms with Gasteiger partial charge in [0.15, 0.2) is 0 Å². The van der Waals surface area contributed by atoms with Gasteiger partial charge in [-0.1, -0.05) is 70.0 Å². The van der Waals surface area contributed by atoms with Gasteiger partial charge >= 0.3 is 0 Å². The second-order valence-electron chi connectivity index (χ2n) is 9.52. The molecule has 3 amide bonds. The zero-order chi connectivity index (χ0) is 22.9. The summed E-state index contributed by atoms with van der Waals surface area (Å²) in [6, 6.07) is 13.7. The molecule has 33 heavy (non-hydrogen) atoms. The van der Waals surface area contributed by atoms with Crippen LogP contribution in [-0.2, 0) is 20.8 Å². The molecule has 2 aromatic carbocycles. The lowest BCUT2D eigenvalue weighted by atomic mass is 9.63. The highest BCUT2D eigenvalue weighted by Crippen LogP contribution is 2.65. The van der Waals surface area contributed by atoms with Crippen molar-refractivity contribution < 1.29 is 14.4 Å². The minimum Gasteiger partial charge on any atom is -0.323 e. The maximum Gasteiger partial charge on any atom is 0.248 e. The third-order valence-electron chi connectivity index (χ3n) is 7.77. The molecule has 0 radical (unpaired) electrons. The highest BCUT2D eigenvalue weighted by molar-refractivity contribution is 9.10. The van der Waals surface area contributed by atoms with Crippen molar-refractivity contribution in [1.29, 1.82) is 0 Å². The first-order valence-corrected chi connectivity index (χ1v) is 12.5. The molecule has 2 saturated carbocycles. The van der Waals surface area contributed by atoms with E-state index in [-0.39, 0.29) is 41.9 Å². The average molecular weight is 526 g/mol. The molecular weight excluding hydrogens is 504 g/mol. The van der Waals surface area contributed by atoms with E-state index in [0.29, 0.717) is 22.5 Å². The molecule has 7 rings (SSSR count). The van der Waals surface area contributed by atoms with Gasteiger partial charge in [0.25, 0.3) is 0 Å². The molecule has 0 unspecified atom stereocenters. The fourth-order valence-electron chi connectivity index (χ4n) is 6.23. The van der Waals surface area contributed by atoms with Gasteiger partial charge < -0.3 is 5.32 Å². The van der Waals surface area contributed by atoms with Crippen LogP contribution in [0.1, 0.15) is 12.0 Å². The zero-order valence-corrected chi connectivity index (χ0v) is 20.0. The number of allylic oxidation sites excluding steroid dienone is 2. The summed E-state index contributed by atoms with van der Waals surface area (Å²) in [6.07, 6.45) is 5.64. The summed E-state index contributed by atoms with van der Waals surface area (Å²) >= 11 is 9.69. The number of imide groups is 1. The molecule has 5 aliphatic rings. The molecule has 5 nitrogen and oxygen atoms in total. The summed E-state index contributed by atoms with van der Waals surface area (Å²) in [5.41, 5.74) is 1.33. The van der Waals surface area contributed by atoms with Crippen molar-refractivity contribution in [3.05, 3.63) is 75.7 Å². The molecule has 7 heteroatoms. The Morgan fingerprint density at radius 1 is 1.03 bits per heavy atom. The topological polar surface area (TPSA) is 66.5 Å². The second-order valence-corrected chi connectivity index (χ2v) is 10.8. The standard InChI is InChI=1S/C26H22BrClN2O3/c27-14-6-9-20(19(28)11-14)29-24(31)21(10-13-4-2-1-3-5-13)30-25(32)22-15-7-8-16(18-12-17(15)18)23(22)26(30)33/h1-9,11,15-18,21-23H,10,12H2,(H,29,31)/t15-,16-,17-,18-,21-,22-,23+/m1/s1. The number of rotatable bonds is 5. The maximum atomic E-state index is 13.7. The molecule has 1 N–H and O–H groups in total. The summed E-state index contributed by atoms with van der Waals surface area (Å²) in [6.45, 7) is 0. The summed E-state index contributed by atoms with van der Waals surface area (Å²) in [5, 5.41) is 3.24. The number of benzene rings is 2. The Balaban J connectivity index is 1.34. The highest BCUT2D eigenvalue weighted by atomic mass is 79.9. The Bertz CT molecular complexity index is 1160. The van der Waals surface area contributed by atoms with E-state index < -0.39 is 11.9 Å². The minimum absolute atomic E-state index is 0.118. The molecule has 1 saturated heterocycles. The monoisotopic (exact) mass is 524 g/mol. The molecule has 4 aliphatic carbocycles. The molecule has 1 aliphatic heterocycles. The largest absolute Gasteiger partial charge is 0.323 e. The van der Waals surface area contributed by atoms with Crippen LogP contribution in [0.5, 0.6) is 0 Å². The molecule has 168 valence electrons. The van der Waals surface area contributed by atoms with Crippen molar-refractivity contribution in [2.24, 2.45) is 35.5 Å². The lowest BCUT2D eigenvalue weighted by molar-refractivity contribution is -0.146. The summed E-state index contributed by atoms with van der Waals surface area (Å²) < 4.78 is 0.793. The number of anilines is 1. The average Bonchev–Trinajstić information content (AvgIpc) is 3.59. The minimum atomic E-state index is -0.937. The number of likely N-dealkylation sites (tertiary alicyclic amines) is 1. The van der Waals surface area contributed by atoms with Gasteiger partial charge in [0.2, 0.25) is 17.7 Å². The molecule has 2 aromatic rings. The number of carbonyl (C=O) groups is 3. The molecule has 0 aromatic heterocycles. The Labute approximate surface area is 205 Å². The van der Waals surface area contributed by atoms with E-state index >= 15 is 0 Å². The van der Waals surface area contributed by atoms with Crippen LogP contribution in [0.4, 0.5) is 5.69 Å². The first-order valence-electron chi connectivity index (χ1n) is 11.3. The van der Waals surface area contributed by atoms with Crippen molar-refractivity contribution >= 4 is 50.9 Å². The number of nitrogens with one attached hydrogen (secondary N) is 1. The first-order chi connectivity index (χ1) is 15.9. The lowest BCUT2D eigenvalue weighted by Crippen LogP contribution is -2.49. The quantitative estimate of drug-likeness (QED) is 0.454. The van der Waals surface area contributed by atoms with E-state index in [1.807, 2.05) is 30.3 Å². The van der Waals surface area contributed by atoms with E-state index in [9.17, 15) is 14.4 Å². The third-order valence-corrected chi connectivity index (χ3v) is 8.58. The van der Waals surface area contributed by atoms with E-state index in [0.717, 1.165) is 16.5 Å². The summed E-state index contributed by atoms with van der Waals surface area (Å²) in [5.74, 6) is -0.214. The third kappa shape index (κ3) is 3.38. The highest BCUT2D eigenvalue weighted by Gasteiger charge is 2.67. The molecular formula is C26H22BrClN2O3. The van der Waals surface area contributed by atoms with Gasteiger partial charge in [0, 0.05) is 10.9 Å². The lowest BCUT2D eigenvalue weighted by Gasteiger charge is -2.37. The predicted molar refractivity (Wildman–Crippen MR) is 128 cm³/mol. The first kappa shape index (κ1) is 21.1. The molecule has 1 heterocycles. The van der Waals surface area contributed by atoms with Crippen molar-refractivity contribution in [2.45, 2.75) is 18.9 Å². The van der Waals surface area contributed by atoms with Crippen molar-refractivity contribution in [3.8, 4) is 0 Å². The van der Waals surface area contributed by atoms with Crippen LogP contribution in [0.2, 0.25) is 5.02 Å². The zero-order valence-electron chi connectivity index (χ0n) is 17.7. The SMILES string of the molecule is O=C(Nc1ccc(Br)cc1Cl)[C@@H](Cc1ccccc1)N1C(=O)[C@@H]2[C@@H]3C=C[C@H]([C@H]4C[C@H]34)[C@@H]2C1=O. The second kappa shape index (κ2) is 7.81.